The SMILES string of the molecule is CN=C(NCC1(c2ccccc2F)CC1)N1CCC(C(=O)N2CCOCC2)CC1.I. The molecule has 0 radical (unpaired) electrons. The Morgan fingerprint density at radius 1 is 1.17 bits per heavy atom. The molecule has 4 rings (SSSR count). The highest BCUT2D eigenvalue weighted by Crippen LogP contribution is 2.48. The Morgan fingerprint density at radius 2 is 1.83 bits per heavy atom. The summed E-state index contributed by atoms with van der Waals surface area (Å²) in [5.41, 5.74) is 0.684. The molecule has 1 aromatic rings. The number of hydrogen-bond acceptors (Lipinski definition) is 3. The molecule has 1 aliphatic carbocycles. The average molecular weight is 530 g/mol. The average Bonchev–Trinajstić information content (AvgIpc) is 3.56. The summed E-state index contributed by atoms with van der Waals surface area (Å²) in [5, 5.41) is 3.47. The first-order chi connectivity index (χ1) is 14.1. The molecule has 1 N–H and O–H groups in total. The number of nitrogens with zero attached hydrogens (tertiary/aromatic N) is 3. The van der Waals surface area contributed by atoms with Crippen molar-refractivity contribution in [2.24, 2.45) is 10.9 Å². The van der Waals surface area contributed by atoms with Gasteiger partial charge in [0.2, 0.25) is 5.91 Å². The molecule has 0 unspecified atom stereocenters. The highest BCUT2D eigenvalue weighted by atomic mass is 127. The fraction of sp³-hybridized carbons (Fsp3) is 0.636. The lowest BCUT2D eigenvalue weighted by molar-refractivity contribution is -0.140. The molecule has 0 atom stereocenters. The Bertz CT molecular complexity index is 757. The van der Waals surface area contributed by atoms with Gasteiger partial charge in [0.1, 0.15) is 5.82 Å². The first-order valence-corrected chi connectivity index (χ1v) is 10.7. The third-order valence-electron chi connectivity index (χ3n) is 6.56. The second-order valence-electron chi connectivity index (χ2n) is 8.36. The number of nitrogens with one attached hydrogen (secondary N) is 1. The van der Waals surface area contributed by atoms with Crippen molar-refractivity contribution in [3.63, 3.8) is 0 Å². The Labute approximate surface area is 195 Å². The van der Waals surface area contributed by atoms with Crippen LogP contribution >= 0.6 is 24.0 Å². The molecule has 6 nitrogen and oxygen atoms in total. The number of piperidine rings is 1. The van der Waals surface area contributed by atoms with Crippen molar-refractivity contribution >= 4 is 35.8 Å². The minimum absolute atomic E-state index is 0. The van der Waals surface area contributed by atoms with E-state index in [0.717, 1.165) is 50.3 Å². The van der Waals surface area contributed by atoms with Crippen LogP contribution in [0.2, 0.25) is 0 Å². The van der Waals surface area contributed by atoms with Crippen LogP contribution in [0.3, 0.4) is 0 Å². The lowest BCUT2D eigenvalue weighted by Gasteiger charge is -2.37. The van der Waals surface area contributed by atoms with Gasteiger partial charge in [-0.25, -0.2) is 4.39 Å². The van der Waals surface area contributed by atoms with E-state index in [2.05, 4.69) is 15.2 Å². The van der Waals surface area contributed by atoms with Gasteiger partial charge in [0.05, 0.1) is 13.2 Å². The molecular weight excluding hydrogens is 498 g/mol. The molecule has 1 saturated carbocycles. The maximum absolute atomic E-state index is 14.2. The van der Waals surface area contributed by atoms with Gasteiger partial charge in [0.15, 0.2) is 5.96 Å². The first-order valence-electron chi connectivity index (χ1n) is 10.7. The van der Waals surface area contributed by atoms with Gasteiger partial charge >= 0.3 is 0 Å². The number of rotatable bonds is 4. The molecule has 166 valence electrons. The van der Waals surface area contributed by atoms with Crippen LogP contribution in [-0.4, -0.2) is 74.7 Å². The molecule has 0 spiro atoms. The number of ether oxygens (including phenoxy) is 1. The van der Waals surface area contributed by atoms with Crippen LogP contribution in [0.1, 0.15) is 31.2 Å². The quantitative estimate of drug-likeness (QED) is 0.370. The molecule has 2 aliphatic heterocycles. The van der Waals surface area contributed by atoms with Crippen molar-refractivity contribution in [3.05, 3.63) is 35.6 Å². The summed E-state index contributed by atoms with van der Waals surface area (Å²) in [6, 6.07) is 7.09. The number of benzene rings is 1. The smallest absolute Gasteiger partial charge is 0.225 e. The Balaban J connectivity index is 0.00000256. The van der Waals surface area contributed by atoms with Crippen LogP contribution in [0, 0.1) is 11.7 Å². The van der Waals surface area contributed by atoms with Crippen molar-refractivity contribution < 1.29 is 13.9 Å². The van der Waals surface area contributed by atoms with Crippen molar-refractivity contribution in [2.45, 2.75) is 31.1 Å². The molecule has 2 saturated heterocycles. The number of morpholine rings is 1. The second-order valence-corrected chi connectivity index (χ2v) is 8.36. The Hall–Kier alpha value is -1.42. The van der Waals surface area contributed by atoms with Gasteiger partial charge in [-0.15, -0.1) is 24.0 Å². The summed E-state index contributed by atoms with van der Waals surface area (Å²) in [6.45, 7) is 5.02. The lowest BCUT2D eigenvalue weighted by atomic mass is 9.94. The summed E-state index contributed by atoms with van der Waals surface area (Å²) in [7, 11) is 1.79. The lowest BCUT2D eigenvalue weighted by Crippen LogP contribution is -2.50. The van der Waals surface area contributed by atoms with E-state index >= 15 is 0 Å². The molecule has 0 bridgehead atoms. The third-order valence-corrected chi connectivity index (χ3v) is 6.56. The molecule has 2 heterocycles. The number of amides is 1. The predicted octanol–water partition coefficient (Wildman–Crippen LogP) is 2.62. The van der Waals surface area contributed by atoms with E-state index in [9.17, 15) is 9.18 Å². The van der Waals surface area contributed by atoms with Crippen molar-refractivity contribution in [1.82, 2.24) is 15.1 Å². The van der Waals surface area contributed by atoms with Crippen LogP contribution in [-0.2, 0) is 14.9 Å². The molecule has 30 heavy (non-hydrogen) atoms. The van der Waals surface area contributed by atoms with Crippen LogP contribution < -0.4 is 5.32 Å². The summed E-state index contributed by atoms with van der Waals surface area (Å²) < 4.78 is 19.6. The summed E-state index contributed by atoms with van der Waals surface area (Å²) in [6.07, 6.45) is 3.67. The number of aliphatic imine (C=N–C) groups is 1. The van der Waals surface area contributed by atoms with Gasteiger partial charge in [-0.2, -0.15) is 0 Å². The number of carbonyl (C=O) groups excluding carboxylic acids is 1. The normalized spacial score (nSPS) is 21.7. The zero-order valence-electron chi connectivity index (χ0n) is 17.6. The van der Waals surface area contributed by atoms with E-state index < -0.39 is 0 Å². The predicted molar refractivity (Wildman–Crippen MR) is 126 cm³/mol. The molecule has 3 fully saturated rings. The number of hydrogen-bond donors (Lipinski definition) is 1. The van der Waals surface area contributed by atoms with Gasteiger partial charge in [-0.1, -0.05) is 18.2 Å². The molecule has 8 heteroatoms. The zero-order valence-corrected chi connectivity index (χ0v) is 19.9. The van der Waals surface area contributed by atoms with Crippen molar-refractivity contribution in [3.8, 4) is 0 Å². The van der Waals surface area contributed by atoms with Gasteiger partial charge in [-0.3, -0.25) is 9.79 Å². The monoisotopic (exact) mass is 530 g/mol. The molecule has 0 aromatic heterocycles. The summed E-state index contributed by atoms with van der Waals surface area (Å²) in [4.78, 5) is 21.3. The van der Waals surface area contributed by atoms with Crippen molar-refractivity contribution in [2.75, 3.05) is 53.0 Å². The first kappa shape index (κ1) is 23.2. The molecule has 3 aliphatic rings. The summed E-state index contributed by atoms with van der Waals surface area (Å²) >= 11 is 0. The number of guanidine groups is 1. The molecule has 1 amide bonds. The summed E-state index contributed by atoms with van der Waals surface area (Å²) in [5.74, 6) is 1.09. The van der Waals surface area contributed by atoms with E-state index in [1.165, 1.54) is 0 Å². The Kier molecular flexibility index (Phi) is 7.95. The van der Waals surface area contributed by atoms with Gasteiger partial charge in [0.25, 0.3) is 0 Å². The minimum atomic E-state index is -0.121. The maximum atomic E-state index is 14.2. The van der Waals surface area contributed by atoms with Crippen LogP contribution in [0.25, 0.3) is 0 Å². The second kappa shape index (κ2) is 10.3. The maximum Gasteiger partial charge on any atom is 0.225 e. The van der Waals surface area contributed by atoms with E-state index in [1.54, 1.807) is 19.2 Å². The van der Waals surface area contributed by atoms with Gasteiger partial charge < -0.3 is 19.9 Å². The van der Waals surface area contributed by atoms with E-state index in [4.69, 9.17) is 4.74 Å². The topological polar surface area (TPSA) is 57.2 Å². The van der Waals surface area contributed by atoms with E-state index in [1.807, 2.05) is 17.0 Å². The van der Waals surface area contributed by atoms with Crippen LogP contribution in [0.15, 0.2) is 29.3 Å². The number of halogens is 2. The highest BCUT2D eigenvalue weighted by Gasteiger charge is 2.46. The standard InChI is InChI=1S/C22H31FN4O2.HI/c1-24-21(25-16-22(8-9-22)18-4-2-3-5-19(18)23)27-10-6-17(7-11-27)20(28)26-12-14-29-15-13-26;/h2-5,17H,6-16H2,1H3,(H,24,25);1H. The van der Waals surface area contributed by atoms with Crippen LogP contribution in [0.5, 0.6) is 0 Å². The third kappa shape index (κ3) is 5.07. The van der Waals surface area contributed by atoms with Gasteiger partial charge in [-0.05, 0) is 37.3 Å². The Morgan fingerprint density at radius 3 is 2.43 bits per heavy atom. The largest absolute Gasteiger partial charge is 0.378 e. The molecule has 1 aromatic carbocycles. The number of carbonyl (C=O) groups is 1. The van der Waals surface area contributed by atoms with Gasteiger partial charge in [0, 0.05) is 51.1 Å². The fourth-order valence-electron chi connectivity index (χ4n) is 4.54. The van der Waals surface area contributed by atoms with E-state index in [0.29, 0.717) is 32.8 Å². The van der Waals surface area contributed by atoms with E-state index in [-0.39, 0.29) is 47.0 Å². The van der Waals surface area contributed by atoms with Crippen LogP contribution in [0.4, 0.5) is 4.39 Å². The molecular formula is C22H32FIN4O2. The fourth-order valence-corrected chi connectivity index (χ4v) is 4.54. The highest BCUT2D eigenvalue weighted by molar-refractivity contribution is 14.0. The minimum Gasteiger partial charge on any atom is -0.378 e. The zero-order chi connectivity index (χ0) is 20.3. The van der Waals surface area contributed by atoms with Crippen molar-refractivity contribution in [1.29, 1.82) is 0 Å². The number of likely N-dealkylation sites (tertiary alicyclic amines) is 1.